The number of nitrogens with one attached hydrogen (secondary N) is 1. The number of ether oxygens (including phenoxy) is 1. The minimum atomic E-state index is -3.55. The summed E-state index contributed by atoms with van der Waals surface area (Å²) in [4.78, 5) is 28.6. The molecule has 2 aromatic rings. The Bertz CT molecular complexity index is 1050. The lowest BCUT2D eigenvalue weighted by molar-refractivity contribution is 0.122. The van der Waals surface area contributed by atoms with Crippen LogP contribution in [-0.2, 0) is 34.1 Å². The van der Waals surface area contributed by atoms with Gasteiger partial charge in [-0.25, -0.2) is 18.4 Å². The fraction of sp³-hybridized carbons (Fsp3) is 0.562. The highest BCUT2D eigenvalue weighted by molar-refractivity contribution is 7.90. The van der Waals surface area contributed by atoms with Gasteiger partial charge in [0.05, 0.1) is 29.3 Å². The molecule has 0 saturated carbocycles. The van der Waals surface area contributed by atoms with E-state index in [1.54, 1.807) is 11.3 Å². The molecule has 152 valence electrons. The van der Waals surface area contributed by atoms with Crippen molar-refractivity contribution < 1.29 is 13.2 Å². The number of sulfone groups is 1. The number of aromatic amines is 1. The summed E-state index contributed by atoms with van der Waals surface area (Å²) in [5.41, 5.74) is 0.650. The number of hydrogen-bond acceptors (Lipinski definition) is 9. The third-order valence-electron chi connectivity index (χ3n) is 4.76. The van der Waals surface area contributed by atoms with E-state index >= 15 is 0 Å². The molecule has 12 heteroatoms. The van der Waals surface area contributed by atoms with Crippen LogP contribution in [0.15, 0.2) is 9.95 Å². The van der Waals surface area contributed by atoms with E-state index in [0.717, 1.165) is 29.4 Å². The molecule has 0 amide bonds. The predicted octanol–water partition coefficient (Wildman–Crippen LogP) is 0.678. The van der Waals surface area contributed by atoms with Crippen LogP contribution in [0.2, 0.25) is 5.15 Å². The number of nitrogens with zero attached hydrogens (tertiary/aromatic N) is 4. The second kappa shape index (κ2) is 7.71. The van der Waals surface area contributed by atoms with Crippen LogP contribution in [-0.4, -0.2) is 67.4 Å². The number of fused-ring (bicyclic) bond motifs is 1. The molecule has 2 aliphatic heterocycles. The molecule has 0 spiro atoms. The van der Waals surface area contributed by atoms with Gasteiger partial charge >= 0.3 is 0 Å². The lowest BCUT2D eigenvalue weighted by atomic mass is 10.1. The molecule has 0 bridgehead atoms. The maximum Gasteiger partial charge on any atom is 0.256 e. The quantitative estimate of drug-likeness (QED) is 0.684. The summed E-state index contributed by atoms with van der Waals surface area (Å²) < 4.78 is 28.7. The first-order valence-corrected chi connectivity index (χ1v) is 11.9. The molecule has 1 N–H and O–H groups in total. The molecular weight excluding hydrogens is 426 g/mol. The minimum Gasteiger partial charge on any atom is -0.378 e. The van der Waals surface area contributed by atoms with Crippen molar-refractivity contribution >= 4 is 37.9 Å². The molecule has 0 atom stereocenters. The first-order valence-electron chi connectivity index (χ1n) is 8.83. The van der Waals surface area contributed by atoms with Crippen LogP contribution in [0.25, 0.3) is 0 Å². The number of rotatable bonds is 4. The van der Waals surface area contributed by atoms with Crippen molar-refractivity contribution in [2.75, 3.05) is 44.0 Å². The van der Waals surface area contributed by atoms with E-state index in [-0.39, 0.29) is 5.16 Å². The fourth-order valence-electron chi connectivity index (χ4n) is 3.28. The van der Waals surface area contributed by atoms with E-state index in [1.165, 1.54) is 0 Å². The average molecular weight is 446 g/mol. The van der Waals surface area contributed by atoms with Crippen LogP contribution in [0.1, 0.15) is 16.1 Å². The molecular formula is C16H20ClN5O4S2. The molecule has 2 aliphatic rings. The van der Waals surface area contributed by atoms with Crippen LogP contribution in [0.4, 0.5) is 5.13 Å². The number of hydrogen-bond donors (Lipinski definition) is 1. The molecule has 0 aliphatic carbocycles. The Labute approximate surface area is 171 Å². The van der Waals surface area contributed by atoms with Crippen LogP contribution in [0.5, 0.6) is 0 Å². The Balaban J connectivity index is 1.51. The van der Waals surface area contributed by atoms with Crippen molar-refractivity contribution in [3.8, 4) is 0 Å². The number of morpholine rings is 1. The van der Waals surface area contributed by atoms with Crippen molar-refractivity contribution in [1.82, 2.24) is 19.9 Å². The molecule has 4 rings (SSSR count). The summed E-state index contributed by atoms with van der Waals surface area (Å²) in [7, 11) is -3.55. The van der Waals surface area contributed by atoms with E-state index in [0.29, 0.717) is 55.7 Å². The van der Waals surface area contributed by atoms with Gasteiger partial charge in [-0.15, -0.1) is 0 Å². The van der Waals surface area contributed by atoms with Gasteiger partial charge in [0, 0.05) is 45.4 Å². The highest BCUT2D eigenvalue weighted by atomic mass is 35.5. The number of aromatic nitrogens is 3. The summed E-state index contributed by atoms with van der Waals surface area (Å²) >= 11 is 7.91. The molecule has 1 saturated heterocycles. The van der Waals surface area contributed by atoms with Crippen molar-refractivity contribution in [2.24, 2.45) is 0 Å². The largest absolute Gasteiger partial charge is 0.378 e. The van der Waals surface area contributed by atoms with Gasteiger partial charge in [-0.1, -0.05) is 22.9 Å². The molecule has 2 aromatic heterocycles. The van der Waals surface area contributed by atoms with E-state index < -0.39 is 15.4 Å². The second-order valence-corrected chi connectivity index (χ2v) is 10.2. The highest BCUT2D eigenvalue weighted by Crippen LogP contribution is 2.32. The maximum atomic E-state index is 12.4. The standard InChI is InChI=1S/C16H20ClN5O4S2/c1-28(24,25)15-18-11-2-3-21(8-10(11)14(23)20-15)9-12-13(17)19-16(27-12)22-4-6-26-7-5-22/h2-9H2,1H3,(H,18,20,23). The van der Waals surface area contributed by atoms with Crippen molar-refractivity contribution in [1.29, 1.82) is 0 Å². The van der Waals surface area contributed by atoms with Gasteiger partial charge in [-0.3, -0.25) is 14.7 Å². The van der Waals surface area contributed by atoms with Crippen molar-refractivity contribution in [3.63, 3.8) is 0 Å². The zero-order valence-corrected chi connectivity index (χ0v) is 17.7. The van der Waals surface area contributed by atoms with Gasteiger partial charge < -0.3 is 9.64 Å². The third kappa shape index (κ3) is 4.08. The molecule has 0 aromatic carbocycles. The SMILES string of the molecule is CS(=O)(=O)c1nc2c(c(=O)[nH]1)CN(Cc1sc(N3CCOCC3)nc1Cl)CC2. The first-order chi connectivity index (χ1) is 13.3. The normalized spacial score (nSPS) is 18.3. The lowest BCUT2D eigenvalue weighted by Crippen LogP contribution is -2.36. The smallest absolute Gasteiger partial charge is 0.256 e. The molecule has 28 heavy (non-hydrogen) atoms. The van der Waals surface area contributed by atoms with Crippen LogP contribution in [0, 0.1) is 0 Å². The van der Waals surface area contributed by atoms with Crippen LogP contribution in [0.3, 0.4) is 0 Å². The Morgan fingerprint density at radius 2 is 2.00 bits per heavy atom. The van der Waals surface area contributed by atoms with E-state index in [9.17, 15) is 13.2 Å². The number of halogens is 1. The zero-order valence-electron chi connectivity index (χ0n) is 15.3. The van der Waals surface area contributed by atoms with Gasteiger partial charge in [-0.2, -0.15) is 0 Å². The van der Waals surface area contributed by atoms with Gasteiger partial charge in [0.1, 0.15) is 5.15 Å². The predicted molar refractivity (Wildman–Crippen MR) is 106 cm³/mol. The fourth-order valence-corrected chi connectivity index (χ4v) is 5.19. The van der Waals surface area contributed by atoms with Crippen LogP contribution < -0.4 is 10.5 Å². The number of anilines is 1. The lowest BCUT2D eigenvalue weighted by Gasteiger charge is -2.27. The van der Waals surface area contributed by atoms with E-state index in [2.05, 4.69) is 24.8 Å². The van der Waals surface area contributed by atoms with Gasteiger partial charge in [-0.05, 0) is 0 Å². The van der Waals surface area contributed by atoms with Gasteiger partial charge in [0.15, 0.2) is 5.13 Å². The molecule has 0 unspecified atom stereocenters. The molecule has 1 fully saturated rings. The zero-order chi connectivity index (χ0) is 19.9. The number of thiazole rings is 1. The van der Waals surface area contributed by atoms with Crippen molar-refractivity contribution in [3.05, 3.63) is 31.6 Å². The Morgan fingerprint density at radius 1 is 1.25 bits per heavy atom. The minimum absolute atomic E-state index is 0.273. The summed E-state index contributed by atoms with van der Waals surface area (Å²) in [5, 5.41) is 1.10. The van der Waals surface area contributed by atoms with Gasteiger partial charge in [0.2, 0.25) is 15.0 Å². The first kappa shape index (κ1) is 19.8. The van der Waals surface area contributed by atoms with Gasteiger partial charge in [0.25, 0.3) is 5.56 Å². The summed E-state index contributed by atoms with van der Waals surface area (Å²) in [6.07, 6.45) is 1.54. The van der Waals surface area contributed by atoms with E-state index in [4.69, 9.17) is 16.3 Å². The topological polar surface area (TPSA) is 108 Å². The maximum absolute atomic E-state index is 12.4. The highest BCUT2D eigenvalue weighted by Gasteiger charge is 2.25. The third-order valence-corrected chi connectivity index (χ3v) is 7.19. The van der Waals surface area contributed by atoms with E-state index in [1.807, 2.05) is 0 Å². The second-order valence-electron chi connectivity index (χ2n) is 6.84. The molecule has 9 nitrogen and oxygen atoms in total. The van der Waals surface area contributed by atoms with Crippen LogP contribution >= 0.6 is 22.9 Å². The summed E-state index contributed by atoms with van der Waals surface area (Å²) in [5.74, 6) is 0. The summed E-state index contributed by atoms with van der Waals surface area (Å²) in [6.45, 7) is 4.58. The molecule has 0 radical (unpaired) electrons. The Hall–Kier alpha value is -1.53. The monoisotopic (exact) mass is 445 g/mol. The average Bonchev–Trinajstić information content (AvgIpc) is 3.02. The van der Waals surface area contributed by atoms with Crippen molar-refractivity contribution in [2.45, 2.75) is 24.7 Å². The Kier molecular flexibility index (Phi) is 5.45. The molecule has 4 heterocycles. The summed E-state index contributed by atoms with van der Waals surface area (Å²) in [6, 6.07) is 0. The Morgan fingerprint density at radius 3 is 2.71 bits per heavy atom. The number of H-pyrrole nitrogens is 1.